The predicted octanol–water partition coefficient (Wildman–Crippen LogP) is 3.76. The molecule has 2 aromatic rings. The number of aliphatic imine (C=N–C) groups is 1. The van der Waals surface area contributed by atoms with E-state index in [1.54, 1.807) is 19.1 Å². The Kier molecular flexibility index (Phi) is 9.83. The molecule has 0 aliphatic carbocycles. The molecule has 160 valence electrons. The second-order valence-electron chi connectivity index (χ2n) is 7.30. The van der Waals surface area contributed by atoms with Crippen molar-refractivity contribution in [2.24, 2.45) is 4.99 Å². The van der Waals surface area contributed by atoms with Crippen molar-refractivity contribution in [3.8, 4) is 0 Å². The molecule has 6 nitrogen and oxygen atoms in total. The molecule has 0 bridgehead atoms. The lowest BCUT2D eigenvalue weighted by atomic mass is 10.1. The van der Waals surface area contributed by atoms with Crippen molar-refractivity contribution in [2.75, 3.05) is 13.1 Å². The van der Waals surface area contributed by atoms with Gasteiger partial charge in [-0.2, -0.15) is 0 Å². The zero-order valence-electron chi connectivity index (χ0n) is 17.4. The number of halogens is 2. The smallest absolute Gasteiger partial charge is 0.191 e. The zero-order valence-corrected chi connectivity index (χ0v) is 19.7. The van der Waals surface area contributed by atoms with Crippen LogP contribution in [0.2, 0.25) is 0 Å². The molecule has 2 N–H and O–H groups in total. The summed E-state index contributed by atoms with van der Waals surface area (Å²) >= 11 is 0. The van der Waals surface area contributed by atoms with E-state index in [9.17, 15) is 4.39 Å². The van der Waals surface area contributed by atoms with Crippen molar-refractivity contribution in [2.45, 2.75) is 65.5 Å². The molecule has 3 rings (SSSR count). The van der Waals surface area contributed by atoms with Crippen molar-refractivity contribution in [3.05, 3.63) is 46.8 Å². The van der Waals surface area contributed by atoms with Crippen LogP contribution in [0.3, 0.4) is 0 Å². The SMILES string of the molecule is CCNC(=NCc1ccc(C)c(F)c1)NCCCc1nnc2n1CCCCC2.I. The van der Waals surface area contributed by atoms with Gasteiger partial charge in [0, 0.05) is 32.5 Å². The van der Waals surface area contributed by atoms with Crippen LogP contribution in [-0.2, 0) is 25.9 Å². The van der Waals surface area contributed by atoms with Crippen LogP contribution in [0, 0.1) is 12.7 Å². The first-order chi connectivity index (χ1) is 13.7. The van der Waals surface area contributed by atoms with Crippen LogP contribution < -0.4 is 10.6 Å². The van der Waals surface area contributed by atoms with Crippen molar-refractivity contribution < 1.29 is 4.39 Å². The summed E-state index contributed by atoms with van der Waals surface area (Å²) < 4.78 is 16.0. The number of fused-ring (bicyclic) bond motifs is 1. The summed E-state index contributed by atoms with van der Waals surface area (Å²) in [6.07, 6.45) is 6.62. The van der Waals surface area contributed by atoms with E-state index in [4.69, 9.17) is 0 Å². The zero-order chi connectivity index (χ0) is 19.8. The molecule has 1 aromatic heterocycles. The predicted molar refractivity (Wildman–Crippen MR) is 125 cm³/mol. The van der Waals surface area contributed by atoms with Gasteiger partial charge in [0.05, 0.1) is 6.54 Å². The van der Waals surface area contributed by atoms with Crippen molar-refractivity contribution in [3.63, 3.8) is 0 Å². The quantitative estimate of drug-likeness (QED) is 0.256. The first-order valence-electron chi connectivity index (χ1n) is 10.4. The number of nitrogens with zero attached hydrogens (tertiary/aromatic N) is 4. The summed E-state index contributed by atoms with van der Waals surface area (Å²) in [5.41, 5.74) is 1.52. The fourth-order valence-electron chi connectivity index (χ4n) is 3.43. The van der Waals surface area contributed by atoms with Gasteiger partial charge in [-0.25, -0.2) is 9.38 Å². The van der Waals surface area contributed by atoms with Crippen LogP contribution in [0.1, 0.15) is 55.4 Å². The van der Waals surface area contributed by atoms with Gasteiger partial charge in [0.15, 0.2) is 5.96 Å². The molecule has 0 radical (unpaired) electrons. The minimum atomic E-state index is -0.182. The molecule has 1 aliphatic heterocycles. The van der Waals surface area contributed by atoms with Gasteiger partial charge in [0.1, 0.15) is 17.5 Å². The highest BCUT2D eigenvalue weighted by Crippen LogP contribution is 2.15. The standard InChI is InChI=1S/C21H31FN6.HI/c1-3-23-21(25-15-17-11-10-16(2)18(22)14-17)24-12-7-9-20-27-26-19-8-5-4-6-13-28(19)20;/h10-11,14H,3-9,12-13,15H2,1-2H3,(H2,23,24,25);1H. The Morgan fingerprint density at radius 3 is 2.86 bits per heavy atom. The van der Waals surface area contributed by atoms with E-state index in [0.717, 1.165) is 62.1 Å². The average Bonchev–Trinajstić information content (AvgIpc) is 2.92. The Bertz CT molecular complexity index is 804. The Balaban J connectivity index is 0.00000300. The molecule has 0 fully saturated rings. The molecule has 8 heteroatoms. The number of hydrogen-bond donors (Lipinski definition) is 2. The number of rotatable bonds is 7. The van der Waals surface area contributed by atoms with Crippen LogP contribution in [0.4, 0.5) is 4.39 Å². The van der Waals surface area contributed by atoms with Gasteiger partial charge in [-0.15, -0.1) is 34.2 Å². The van der Waals surface area contributed by atoms with Crippen molar-refractivity contribution in [1.29, 1.82) is 0 Å². The van der Waals surface area contributed by atoms with Crippen LogP contribution in [-0.4, -0.2) is 33.8 Å². The van der Waals surface area contributed by atoms with Crippen LogP contribution in [0.15, 0.2) is 23.2 Å². The molecule has 2 heterocycles. The van der Waals surface area contributed by atoms with Crippen molar-refractivity contribution in [1.82, 2.24) is 25.4 Å². The third-order valence-corrected chi connectivity index (χ3v) is 5.06. The second-order valence-corrected chi connectivity index (χ2v) is 7.30. The lowest BCUT2D eigenvalue weighted by Gasteiger charge is -2.12. The number of hydrogen-bond acceptors (Lipinski definition) is 3. The molecule has 1 aliphatic rings. The Morgan fingerprint density at radius 2 is 2.07 bits per heavy atom. The number of aromatic nitrogens is 3. The lowest BCUT2D eigenvalue weighted by Crippen LogP contribution is -2.37. The van der Waals surface area contributed by atoms with Gasteiger partial charge >= 0.3 is 0 Å². The van der Waals surface area contributed by atoms with Gasteiger partial charge in [-0.1, -0.05) is 18.6 Å². The molecule has 0 saturated heterocycles. The highest BCUT2D eigenvalue weighted by molar-refractivity contribution is 14.0. The lowest BCUT2D eigenvalue weighted by molar-refractivity contribution is 0.594. The molecule has 1 aromatic carbocycles. The van der Waals surface area contributed by atoms with Gasteiger partial charge in [0.25, 0.3) is 0 Å². The van der Waals surface area contributed by atoms with Gasteiger partial charge in [0.2, 0.25) is 0 Å². The van der Waals surface area contributed by atoms with E-state index in [1.165, 1.54) is 19.3 Å². The fraction of sp³-hybridized carbons (Fsp3) is 0.571. The van der Waals surface area contributed by atoms with Gasteiger partial charge < -0.3 is 15.2 Å². The molecule has 0 spiro atoms. The van der Waals surface area contributed by atoms with E-state index in [-0.39, 0.29) is 29.8 Å². The summed E-state index contributed by atoms with van der Waals surface area (Å²) in [7, 11) is 0. The van der Waals surface area contributed by atoms with Crippen LogP contribution >= 0.6 is 24.0 Å². The molecular formula is C21H32FIN6. The first kappa shape index (κ1) is 23.6. The summed E-state index contributed by atoms with van der Waals surface area (Å²) in [5, 5.41) is 15.4. The Hall–Kier alpha value is -1.71. The highest BCUT2D eigenvalue weighted by atomic mass is 127. The van der Waals surface area contributed by atoms with E-state index in [0.29, 0.717) is 12.1 Å². The molecule has 0 saturated carbocycles. The summed E-state index contributed by atoms with van der Waals surface area (Å²) in [4.78, 5) is 4.57. The van der Waals surface area contributed by atoms with E-state index in [2.05, 4.69) is 30.4 Å². The second kappa shape index (κ2) is 12.1. The van der Waals surface area contributed by atoms with E-state index in [1.807, 2.05) is 13.0 Å². The van der Waals surface area contributed by atoms with Gasteiger partial charge in [-0.05, 0) is 50.3 Å². The topological polar surface area (TPSA) is 67.1 Å². The monoisotopic (exact) mass is 514 g/mol. The maximum absolute atomic E-state index is 13.7. The number of guanidine groups is 1. The Labute approximate surface area is 189 Å². The summed E-state index contributed by atoms with van der Waals surface area (Å²) in [5.74, 6) is 2.80. The van der Waals surface area contributed by atoms with Crippen LogP contribution in [0.25, 0.3) is 0 Å². The third-order valence-electron chi connectivity index (χ3n) is 5.06. The maximum Gasteiger partial charge on any atom is 0.191 e. The Morgan fingerprint density at radius 1 is 1.21 bits per heavy atom. The maximum atomic E-state index is 13.7. The van der Waals surface area contributed by atoms with Crippen LogP contribution in [0.5, 0.6) is 0 Å². The average molecular weight is 514 g/mol. The minimum Gasteiger partial charge on any atom is -0.357 e. The van der Waals surface area contributed by atoms with E-state index >= 15 is 0 Å². The fourth-order valence-corrected chi connectivity index (χ4v) is 3.43. The van der Waals surface area contributed by atoms with Crippen molar-refractivity contribution >= 4 is 29.9 Å². The summed E-state index contributed by atoms with van der Waals surface area (Å²) in [6.45, 7) is 6.88. The number of nitrogens with one attached hydrogen (secondary N) is 2. The number of benzene rings is 1. The molecule has 0 unspecified atom stereocenters. The minimum absolute atomic E-state index is 0. The van der Waals surface area contributed by atoms with E-state index < -0.39 is 0 Å². The number of aryl methyl sites for hydroxylation is 3. The largest absolute Gasteiger partial charge is 0.357 e. The summed E-state index contributed by atoms with van der Waals surface area (Å²) in [6, 6.07) is 5.27. The third kappa shape index (κ3) is 6.94. The van der Waals surface area contributed by atoms with Gasteiger partial charge in [-0.3, -0.25) is 0 Å². The molecular weight excluding hydrogens is 482 g/mol. The molecule has 0 amide bonds. The normalized spacial score (nSPS) is 14.0. The highest BCUT2D eigenvalue weighted by Gasteiger charge is 2.14. The molecule has 29 heavy (non-hydrogen) atoms. The molecule has 0 atom stereocenters. The first-order valence-corrected chi connectivity index (χ1v) is 10.4.